The van der Waals surface area contributed by atoms with Gasteiger partial charge >= 0.3 is 0 Å². The molecule has 2 rings (SSSR count). The Morgan fingerprint density at radius 1 is 1.46 bits per heavy atom. The fourth-order valence-electron chi connectivity index (χ4n) is 4.00. The van der Waals surface area contributed by atoms with Crippen LogP contribution < -0.4 is 5.32 Å². The fraction of sp³-hybridized carbons (Fsp3) is 0.737. The zero-order valence-electron chi connectivity index (χ0n) is 15.0. The van der Waals surface area contributed by atoms with Gasteiger partial charge in [-0.15, -0.1) is 11.3 Å². The predicted molar refractivity (Wildman–Crippen MR) is 97.9 cm³/mol. The Labute approximate surface area is 149 Å². The highest BCUT2D eigenvalue weighted by Gasteiger charge is 2.48. The van der Waals surface area contributed by atoms with Gasteiger partial charge in [0.1, 0.15) is 5.60 Å². The van der Waals surface area contributed by atoms with Gasteiger partial charge in [-0.2, -0.15) is 0 Å². The van der Waals surface area contributed by atoms with Crippen LogP contribution in [0.3, 0.4) is 0 Å². The summed E-state index contributed by atoms with van der Waals surface area (Å²) in [5, 5.41) is 25.6. The Morgan fingerprint density at radius 3 is 2.79 bits per heavy atom. The third-order valence-corrected chi connectivity index (χ3v) is 6.18. The number of rotatable bonds is 7. The van der Waals surface area contributed by atoms with Crippen molar-refractivity contribution < 1.29 is 15.0 Å². The Hall–Kier alpha value is -0.910. The Kier molecular flexibility index (Phi) is 6.84. The third-order valence-electron chi connectivity index (χ3n) is 5.28. The molecular weight excluding hydrogens is 322 g/mol. The molecule has 3 N–H and O–H groups in total. The summed E-state index contributed by atoms with van der Waals surface area (Å²) < 4.78 is 0. The highest BCUT2D eigenvalue weighted by atomic mass is 32.1. The average molecular weight is 354 g/mol. The molecule has 1 fully saturated rings. The molecule has 5 heteroatoms. The van der Waals surface area contributed by atoms with Crippen LogP contribution in [0, 0.1) is 17.8 Å². The molecule has 1 heterocycles. The van der Waals surface area contributed by atoms with Gasteiger partial charge in [-0.05, 0) is 48.5 Å². The Bertz CT molecular complexity index is 517. The summed E-state index contributed by atoms with van der Waals surface area (Å²) in [6.07, 6.45) is 3.67. The van der Waals surface area contributed by atoms with Gasteiger partial charge in [0.15, 0.2) is 0 Å². The van der Waals surface area contributed by atoms with Crippen molar-refractivity contribution in [2.45, 2.75) is 64.5 Å². The maximum Gasteiger partial charge on any atom is 0.252 e. The van der Waals surface area contributed by atoms with Gasteiger partial charge in [-0.1, -0.05) is 33.3 Å². The summed E-state index contributed by atoms with van der Waals surface area (Å²) in [4.78, 5) is 14.1. The molecule has 0 aliphatic heterocycles. The number of nitrogens with one attached hydrogen (secondary N) is 1. The Balaban J connectivity index is 2.10. The molecule has 1 amide bonds. The molecule has 1 aromatic rings. The van der Waals surface area contributed by atoms with Crippen LogP contribution in [-0.2, 0) is 11.2 Å². The molecular formula is C19H31NO3S. The number of aliphatic hydroxyl groups excluding tert-OH is 1. The first-order chi connectivity index (χ1) is 11.4. The largest absolute Gasteiger partial charge is 0.396 e. The highest BCUT2D eigenvalue weighted by Crippen LogP contribution is 2.41. The average Bonchev–Trinajstić information content (AvgIpc) is 2.99. The van der Waals surface area contributed by atoms with E-state index in [9.17, 15) is 15.0 Å². The molecule has 0 unspecified atom stereocenters. The fourth-order valence-corrected chi connectivity index (χ4v) is 4.78. The molecule has 0 aromatic carbocycles. The van der Waals surface area contributed by atoms with Gasteiger partial charge < -0.3 is 15.5 Å². The predicted octanol–water partition coefficient (Wildman–Crippen LogP) is 2.98. The number of thiophene rings is 1. The molecule has 4 nitrogen and oxygen atoms in total. The minimum Gasteiger partial charge on any atom is -0.396 e. The molecule has 0 saturated heterocycles. The van der Waals surface area contributed by atoms with Crippen molar-refractivity contribution in [3.8, 4) is 0 Å². The molecule has 0 bridgehead atoms. The first-order valence-corrected chi connectivity index (χ1v) is 9.91. The normalized spacial score (nSPS) is 28.8. The monoisotopic (exact) mass is 353 g/mol. The van der Waals surface area contributed by atoms with Crippen molar-refractivity contribution in [1.29, 1.82) is 0 Å². The molecule has 0 radical (unpaired) electrons. The van der Waals surface area contributed by atoms with Crippen LogP contribution in [0.15, 0.2) is 17.5 Å². The van der Waals surface area contributed by atoms with E-state index >= 15 is 0 Å². The quantitative estimate of drug-likeness (QED) is 0.706. The van der Waals surface area contributed by atoms with E-state index in [1.807, 2.05) is 17.5 Å². The Morgan fingerprint density at radius 2 is 2.21 bits per heavy atom. The molecule has 136 valence electrons. The van der Waals surface area contributed by atoms with E-state index in [0.717, 1.165) is 12.8 Å². The van der Waals surface area contributed by atoms with Gasteiger partial charge in [-0.3, -0.25) is 4.79 Å². The molecule has 24 heavy (non-hydrogen) atoms. The van der Waals surface area contributed by atoms with Gasteiger partial charge in [0.2, 0.25) is 0 Å². The minimum atomic E-state index is -1.30. The van der Waals surface area contributed by atoms with E-state index in [2.05, 4.69) is 26.1 Å². The van der Waals surface area contributed by atoms with Crippen LogP contribution >= 0.6 is 11.3 Å². The maximum absolute atomic E-state index is 13.0. The van der Waals surface area contributed by atoms with Crippen molar-refractivity contribution in [1.82, 2.24) is 5.32 Å². The zero-order valence-corrected chi connectivity index (χ0v) is 15.8. The van der Waals surface area contributed by atoms with Crippen molar-refractivity contribution >= 4 is 17.2 Å². The van der Waals surface area contributed by atoms with Gasteiger partial charge in [-0.25, -0.2) is 0 Å². The lowest BCUT2D eigenvalue weighted by Crippen LogP contribution is -2.58. The first kappa shape index (κ1) is 19.4. The number of amides is 1. The summed E-state index contributed by atoms with van der Waals surface area (Å²) in [6.45, 7) is 6.29. The second-order valence-corrected chi connectivity index (χ2v) is 8.66. The topological polar surface area (TPSA) is 69.6 Å². The number of hydrogen-bond donors (Lipinski definition) is 3. The highest BCUT2D eigenvalue weighted by molar-refractivity contribution is 7.09. The van der Waals surface area contributed by atoms with Crippen LogP contribution in [0.5, 0.6) is 0 Å². The summed E-state index contributed by atoms with van der Waals surface area (Å²) in [5.74, 6) is 0.346. The zero-order chi connectivity index (χ0) is 17.7. The lowest BCUT2D eigenvalue weighted by atomic mass is 9.66. The minimum absolute atomic E-state index is 0.00906. The van der Waals surface area contributed by atoms with E-state index < -0.39 is 5.60 Å². The van der Waals surface area contributed by atoms with Crippen LogP contribution in [0.1, 0.15) is 51.3 Å². The van der Waals surface area contributed by atoms with Gasteiger partial charge in [0, 0.05) is 23.9 Å². The van der Waals surface area contributed by atoms with E-state index in [0.29, 0.717) is 25.2 Å². The number of aliphatic hydroxyl groups is 2. The lowest BCUT2D eigenvalue weighted by molar-refractivity contribution is -0.156. The molecule has 1 aromatic heterocycles. The lowest BCUT2D eigenvalue weighted by Gasteiger charge is -2.43. The molecule has 1 saturated carbocycles. The van der Waals surface area contributed by atoms with E-state index in [1.54, 1.807) is 11.3 Å². The number of carbonyl (C=O) groups excluding carboxylic acids is 1. The van der Waals surface area contributed by atoms with E-state index in [4.69, 9.17) is 0 Å². The summed E-state index contributed by atoms with van der Waals surface area (Å²) in [7, 11) is 0. The number of carbonyl (C=O) groups is 1. The first-order valence-electron chi connectivity index (χ1n) is 9.03. The van der Waals surface area contributed by atoms with Gasteiger partial charge in [0.05, 0.1) is 0 Å². The smallest absolute Gasteiger partial charge is 0.252 e. The van der Waals surface area contributed by atoms with E-state index in [1.165, 1.54) is 4.88 Å². The van der Waals surface area contributed by atoms with Crippen LogP contribution in [0.4, 0.5) is 0 Å². The van der Waals surface area contributed by atoms with Crippen LogP contribution in [0.25, 0.3) is 0 Å². The van der Waals surface area contributed by atoms with Crippen molar-refractivity contribution in [3.63, 3.8) is 0 Å². The van der Waals surface area contributed by atoms with Crippen LogP contribution in [-0.4, -0.2) is 34.4 Å². The van der Waals surface area contributed by atoms with Crippen molar-refractivity contribution in [3.05, 3.63) is 22.4 Å². The van der Waals surface area contributed by atoms with Gasteiger partial charge in [0.25, 0.3) is 5.91 Å². The second-order valence-electron chi connectivity index (χ2n) is 7.63. The SMILES string of the molecule is CC(C)[C@@H]1CC[C@@H](C)C[C@@]1(O)C(=O)N[C@H](CCO)Cc1cccs1. The molecule has 4 atom stereocenters. The maximum atomic E-state index is 13.0. The van der Waals surface area contributed by atoms with Crippen molar-refractivity contribution in [2.75, 3.05) is 6.61 Å². The van der Waals surface area contributed by atoms with E-state index in [-0.39, 0.29) is 30.4 Å². The second kappa shape index (κ2) is 8.45. The standard InChI is InChI=1S/C19H31NO3S/c1-13(2)17-7-6-14(3)12-19(17,23)18(22)20-15(8-9-21)11-16-5-4-10-24-16/h4-5,10,13-15,17,21,23H,6-9,11-12H2,1-3H3,(H,20,22)/t14-,15-,17+,19+/m1/s1. The molecule has 0 spiro atoms. The third kappa shape index (κ3) is 4.58. The number of hydrogen-bond acceptors (Lipinski definition) is 4. The summed E-state index contributed by atoms with van der Waals surface area (Å²) in [5.41, 5.74) is -1.30. The summed E-state index contributed by atoms with van der Waals surface area (Å²) in [6, 6.07) is 3.88. The molecule has 1 aliphatic rings. The van der Waals surface area contributed by atoms with Crippen LogP contribution in [0.2, 0.25) is 0 Å². The molecule has 1 aliphatic carbocycles. The van der Waals surface area contributed by atoms with Crippen molar-refractivity contribution in [2.24, 2.45) is 17.8 Å². The summed E-state index contributed by atoms with van der Waals surface area (Å²) >= 11 is 1.65.